The van der Waals surface area contributed by atoms with Gasteiger partial charge in [-0.1, -0.05) is 0 Å². The van der Waals surface area contributed by atoms with Crippen LogP contribution in [0.25, 0.3) is 0 Å². The number of aromatic nitrogens is 1. The van der Waals surface area contributed by atoms with E-state index in [4.69, 9.17) is 0 Å². The van der Waals surface area contributed by atoms with Gasteiger partial charge in [0, 0.05) is 24.7 Å². The van der Waals surface area contributed by atoms with Crippen LogP contribution in [0.3, 0.4) is 0 Å². The van der Waals surface area contributed by atoms with Gasteiger partial charge in [-0.05, 0) is 19.1 Å². The lowest BCUT2D eigenvalue weighted by atomic mass is 10.4. The number of hydrogen-bond acceptors (Lipinski definition) is 4. The first-order chi connectivity index (χ1) is 6.04. The highest BCUT2D eigenvalue weighted by molar-refractivity contribution is 7.90. The molecule has 80 valence electrons. The highest BCUT2D eigenvalue weighted by Gasteiger charge is 2.08. The minimum absolute atomic E-state index is 0. The second kappa shape index (κ2) is 5.17. The third-order valence-electron chi connectivity index (χ3n) is 1.50. The Morgan fingerprint density at radius 3 is 2.64 bits per heavy atom. The molecule has 0 aliphatic rings. The average Bonchev–Trinajstić information content (AvgIpc) is 2.04. The van der Waals surface area contributed by atoms with Crippen molar-refractivity contribution in [3.05, 3.63) is 18.3 Å². The molecule has 0 aliphatic heterocycles. The molecule has 0 atom stereocenters. The lowest BCUT2D eigenvalue weighted by Gasteiger charge is -2.03. The van der Waals surface area contributed by atoms with Crippen LogP contribution in [-0.4, -0.2) is 26.2 Å². The summed E-state index contributed by atoms with van der Waals surface area (Å²) in [5.41, 5.74) is 0.776. The standard InChI is InChI=1S/C8H12N2O2S.ClH/c1-3-9-7-4-5-10-8(6-7)13(2,11)12;/h4-6H,3H2,1-2H3,(H,9,10);1H. The SMILES string of the molecule is CCNc1ccnc(S(C)(=O)=O)c1.Cl. The first-order valence-electron chi connectivity index (χ1n) is 3.94. The Morgan fingerprint density at radius 1 is 1.50 bits per heavy atom. The summed E-state index contributed by atoms with van der Waals surface area (Å²) < 4.78 is 22.2. The van der Waals surface area contributed by atoms with E-state index in [0.717, 1.165) is 18.5 Å². The molecule has 1 aromatic rings. The Bertz CT molecular complexity index is 392. The fourth-order valence-electron chi connectivity index (χ4n) is 0.926. The molecule has 14 heavy (non-hydrogen) atoms. The summed E-state index contributed by atoms with van der Waals surface area (Å²) in [6, 6.07) is 3.26. The van der Waals surface area contributed by atoms with Gasteiger partial charge in [-0.15, -0.1) is 12.4 Å². The molecule has 0 unspecified atom stereocenters. The normalized spacial score (nSPS) is 10.4. The van der Waals surface area contributed by atoms with Gasteiger partial charge in [-0.2, -0.15) is 0 Å². The second-order valence-electron chi connectivity index (χ2n) is 2.69. The van der Waals surface area contributed by atoms with E-state index < -0.39 is 9.84 Å². The van der Waals surface area contributed by atoms with Crippen LogP contribution in [-0.2, 0) is 9.84 Å². The Hall–Kier alpha value is -0.810. The van der Waals surface area contributed by atoms with Gasteiger partial charge in [0.15, 0.2) is 14.9 Å². The van der Waals surface area contributed by atoms with E-state index in [1.54, 1.807) is 6.07 Å². The number of sulfone groups is 1. The van der Waals surface area contributed by atoms with Gasteiger partial charge in [0.25, 0.3) is 0 Å². The summed E-state index contributed by atoms with van der Waals surface area (Å²) in [6.45, 7) is 2.70. The number of pyridine rings is 1. The van der Waals surface area contributed by atoms with Crippen molar-refractivity contribution in [2.45, 2.75) is 11.9 Å². The van der Waals surface area contributed by atoms with Crippen LogP contribution in [0.5, 0.6) is 0 Å². The predicted molar refractivity (Wildman–Crippen MR) is 58.8 cm³/mol. The first kappa shape index (κ1) is 13.2. The van der Waals surface area contributed by atoms with Crippen molar-refractivity contribution in [2.75, 3.05) is 18.1 Å². The zero-order valence-corrected chi connectivity index (χ0v) is 9.65. The van der Waals surface area contributed by atoms with Crippen LogP contribution in [0.1, 0.15) is 6.92 Å². The summed E-state index contributed by atoms with van der Waals surface area (Å²) in [5.74, 6) is 0. The molecule has 6 heteroatoms. The molecule has 1 aromatic heterocycles. The van der Waals surface area contributed by atoms with Gasteiger partial charge in [0.05, 0.1) is 0 Å². The maximum absolute atomic E-state index is 11.1. The molecule has 4 nitrogen and oxygen atoms in total. The quantitative estimate of drug-likeness (QED) is 0.861. The minimum Gasteiger partial charge on any atom is -0.385 e. The van der Waals surface area contributed by atoms with Crippen LogP contribution in [0, 0.1) is 0 Å². The highest BCUT2D eigenvalue weighted by atomic mass is 35.5. The molecule has 0 radical (unpaired) electrons. The topological polar surface area (TPSA) is 59.1 Å². The molecule has 0 saturated carbocycles. The molecule has 0 aromatic carbocycles. The van der Waals surface area contributed by atoms with Crippen LogP contribution in [0.2, 0.25) is 0 Å². The minimum atomic E-state index is -3.19. The predicted octanol–water partition coefficient (Wildman–Crippen LogP) is 1.34. The van der Waals surface area contributed by atoms with Crippen LogP contribution in [0.15, 0.2) is 23.4 Å². The molecule has 0 bridgehead atoms. The molecule has 0 fully saturated rings. The van der Waals surface area contributed by atoms with E-state index in [0.29, 0.717) is 0 Å². The van der Waals surface area contributed by atoms with Crippen molar-refractivity contribution in [2.24, 2.45) is 0 Å². The molecular weight excluding hydrogens is 224 g/mol. The van der Waals surface area contributed by atoms with Gasteiger partial charge >= 0.3 is 0 Å². The fraction of sp³-hybridized carbons (Fsp3) is 0.375. The smallest absolute Gasteiger partial charge is 0.192 e. The zero-order valence-electron chi connectivity index (χ0n) is 8.02. The van der Waals surface area contributed by atoms with E-state index in [1.165, 1.54) is 12.3 Å². The van der Waals surface area contributed by atoms with E-state index >= 15 is 0 Å². The monoisotopic (exact) mass is 236 g/mol. The lowest BCUT2D eigenvalue weighted by molar-refractivity contribution is 0.598. The van der Waals surface area contributed by atoms with Gasteiger partial charge in [0.1, 0.15) is 0 Å². The Morgan fingerprint density at radius 2 is 2.14 bits per heavy atom. The number of hydrogen-bond donors (Lipinski definition) is 1. The molecule has 0 saturated heterocycles. The second-order valence-corrected chi connectivity index (χ2v) is 4.65. The van der Waals surface area contributed by atoms with Crippen molar-refractivity contribution < 1.29 is 8.42 Å². The van der Waals surface area contributed by atoms with Gasteiger partial charge in [-0.3, -0.25) is 0 Å². The molecule has 1 heterocycles. The maximum atomic E-state index is 11.1. The molecular formula is C8H13ClN2O2S. The number of anilines is 1. The van der Waals surface area contributed by atoms with Crippen molar-refractivity contribution in [3.8, 4) is 0 Å². The van der Waals surface area contributed by atoms with Crippen molar-refractivity contribution in [1.29, 1.82) is 0 Å². The summed E-state index contributed by atoms with van der Waals surface area (Å²) in [5, 5.41) is 3.12. The Kier molecular flexibility index (Phi) is 4.87. The summed E-state index contributed by atoms with van der Waals surface area (Å²) in [4.78, 5) is 3.76. The Balaban J connectivity index is 0.00000169. The molecule has 1 rings (SSSR count). The zero-order chi connectivity index (χ0) is 9.90. The van der Waals surface area contributed by atoms with Gasteiger partial charge in [-0.25, -0.2) is 13.4 Å². The molecule has 0 amide bonds. The van der Waals surface area contributed by atoms with Crippen molar-refractivity contribution >= 4 is 27.9 Å². The summed E-state index contributed by atoms with van der Waals surface area (Å²) >= 11 is 0. The number of nitrogens with zero attached hydrogens (tertiary/aromatic N) is 1. The Labute approximate surface area is 90.1 Å². The summed E-state index contributed by atoms with van der Waals surface area (Å²) in [7, 11) is -3.19. The maximum Gasteiger partial charge on any atom is 0.192 e. The summed E-state index contributed by atoms with van der Waals surface area (Å²) in [6.07, 6.45) is 2.62. The van der Waals surface area contributed by atoms with E-state index in [9.17, 15) is 8.42 Å². The van der Waals surface area contributed by atoms with Gasteiger partial charge < -0.3 is 5.32 Å². The van der Waals surface area contributed by atoms with E-state index in [2.05, 4.69) is 10.3 Å². The van der Waals surface area contributed by atoms with Gasteiger partial charge in [0.2, 0.25) is 0 Å². The number of nitrogens with one attached hydrogen (secondary N) is 1. The molecule has 1 N–H and O–H groups in total. The fourth-order valence-corrected chi connectivity index (χ4v) is 1.52. The van der Waals surface area contributed by atoms with E-state index in [1.807, 2.05) is 6.92 Å². The third kappa shape index (κ3) is 3.51. The van der Waals surface area contributed by atoms with Crippen molar-refractivity contribution in [1.82, 2.24) is 4.98 Å². The van der Waals surface area contributed by atoms with E-state index in [-0.39, 0.29) is 17.4 Å². The van der Waals surface area contributed by atoms with Crippen molar-refractivity contribution in [3.63, 3.8) is 0 Å². The number of halogens is 1. The van der Waals surface area contributed by atoms with Crippen LogP contribution >= 0.6 is 12.4 Å². The van der Waals surface area contributed by atoms with Crippen LogP contribution < -0.4 is 5.32 Å². The lowest BCUT2D eigenvalue weighted by Crippen LogP contribution is -2.03. The third-order valence-corrected chi connectivity index (χ3v) is 2.48. The molecule has 0 spiro atoms. The molecule has 0 aliphatic carbocycles. The average molecular weight is 237 g/mol. The highest BCUT2D eigenvalue weighted by Crippen LogP contribution is 2.11. The first-order valence-corrected chi connectivity index (χ1v) is 5.83. The number of rotatable bonds is 3. The van der Waals surface area contributed by atoms with Crippen LogP contribution in [0.4, 0.5) is 5.69 Å². The largest absolute Gasteiger partial charge is 0.385 e.